The summed E-state index contributed by atoms with van der Waals surface area (Å²) in [6, 6.07) is 0. The van der Waals surface area contributed by atoms with E-state index in [2.05, 4.69) is 0 Å². The van der Waals surface area contributed by atoms with E-state index in [0.717, 1.165) is 0 Å². The average molecular weight is 481 g/mol. The first-order valence-corrected chi connectivity index (χ1v) is 9.08. The zero-order valence-corrected chi connectivity index (χ0v) is 13.6. The predicted octanol–water partition coefficient (Wildman–Crippen LogP) is 0.652. The van der Waals surface area contributed by atoms with Crippen LogP contribution >= 0.6 is 0 Å². The summed E-state index contributed by atoms with van der Waals surface area (Å²) in [7, 11) is 0. The van der Waals surface area contributed by atoms with E-state index >= 15 is 0 Å². The Morgan fingerprint density at radius 3 is 0.667 bits per heavy atom. The topological polar surface area (TPSA) is 223 Å². The molecule has 0 atom stereocenters. The molecule has 18 heavy (non-hydrogen) atoms. The van der Waals surface area contributed by atoms with Crippen LogP contribution in [0.3, 0.4) is 0 Å². The summed E-state index contributed by atoms with van der Waals surface area (Å²) in [5, 5.41) is 0. The van der Waals surface area contributed by atoms with Gasteiger partial charge in [0, 0.05) is 0 Å². The van der Waals surface area contributed by atoms with Crippen molar-refractivity contribution in [1.82, 2.24) is 0 Å². The Kier molecular flexibility index (Phi) is 52.6. The van der Waals surface area contributed by atoms with Crippen LogP contribution in [0.25, 0.3) is 34.4 Å². The van der Waals surface area contributed by atoms with E-state index in [4.69, 9.17) is 48.7 Å². The van der Waals surface area contributed by atoms with Crippen LogP contribution in [0, 0.1) is 0 Å². The maximum absolute atomic E-state index is 8.65. The van der Waals surface area contributed by atoms with Crippen LogP contribution in [-0.4, -0.2) is 39.3 Å². The Morgan fingerprint density at radius 1 is 0.611 bits per heavy atom. The van der Waals surface area contributed by atoms with Gasteiger partial charge < -0.3 is 34.4 Å². The summed E-state index contributed by atoms with van der Waals surface area (Å²) in [6.07, 6.45) is 0. The van der Waals surface area contributed by atoms with Crippen LogP contribution in [-0.2, 0) is 40.3 Å². The molecule has 0 unspecified atom stereocenters. The molecule has 12 heteroatoms. The van der Waals surface area contributed by atoms with Crippen molar-refractivity contribution in [2.24, 2.45) is 0 Å². The number of hydrogen-bond acceptors (Lipinski definition) is 4. The van der Waals surface area contributed by atoms with Gasteiger partial charge in [-0.1, -0.05) is 0 Å². The molecular formula is C6H18CoN6O4W-6. The summed E-state index contributed by atoms with van der Waals surface area (Å²) in [5.41, 5.74) is 37.6. The first kappa shape index (κ1) is 31.1. The van der Waals surface area contributed by atoms with Crippen molar-refractivity contribution in [2.75, 3.05) is 39.3 Å². The third-order valence-electron chi connectivity index (χ3n) is 0.375. The summed E-state index contributed by atoms with van der Waals surface area (Å²) in [4.78, 5) is 0. The zero-order valence-electron chi connectivity index (χ0n) is 9.62. The summed E-state index contributed by atoms with van der Waals surface area (Å²) < 4.78 is 34.6. The van der Waals surface area contributed by atoms with Gasteiger partial charge in [0.15, 0.2) is 0 Å². The first-order valence-electron chi connectivity index (χ1n) is 4.29. The molecule has 6 N–H and O–H groups in total. The number of nitrogens with one attached hydrogen (secondary N) is 6. The maximum atomic E-state index is 8.65. The summed E-state index contributed by atoms with van der Waals surface area (Å²) >= 11 is -6.17. The van der Waals surface area contributed by atoms with Gasteiger partial charge in [-0.3, -0.25) is 0 Å². The Labute approximate surface area is 121 Å². The Balaban J connectivity index is -0.0000000412. The van der Waals surface area contributed by atoms with Crippen LogP contribution < -0.4 is 7.52 Å². The molecule has 0 fully saturated rings. The van der Waals surface area contributed by atoms with Crippen molar-refractivity contribution in [2.45, 2.75) is 0 Å². The molecule has 1 radical (unpaired) electrons. The molecule has 0 rings (SSSR count). The molecule has 10 nitrogen and oxygen atoms in total. The molecule has 0 saturated carbocycles. The molecule has 0 aliphatic heterocycles. The van der Waals surface area contributed by atoms with E-state index < -0.39 is 16.7 Å². The van der Waals surface area contributed by atoms with Crippen LogP contribution in [0.5, 0.6) is 0 Å². The van der Waals surface area contributed by atoms with Crippen LogP contribution in [0.15, 0.2) is 0 Å². The molecule has 0 aromatic rings. The van der Waals surface area contributed by atoms with Gasteiger partial charge in [-0.15, -0.1) is 0 Å². The predicted molar refractivity (Wildman–Crippen MR) is 56.5 cm³/mol. The van der Waals surface area contributed by atoms with Gasteiger partial charge in [-0.25, -0.2) is 0 Å². The van der Waals surface area contributed by atoms with E-state index in [1.807, 2.05) is 0 Å². The summed E-state index contributed by atoms with van der Waals surface area (Å²) in [6.45, 7) is 1.42. The molecule has 0 aromatic carbocycles. The van der Waals surface area contributed by atoms with Crippen molar-refractivity contribution in [3.8, 4) is 0 Å². The molecule has 0 aliphatic carbocycles. The Bertz CT molecular complexity index is 171. The first-order chi connectivity index (χ1) is 7.74. The number of hydrogen-bond donors (Lipinski definition) is 0. The fourth-order valence-corrected chi connectivity index (χ4v) is 0. The number of rotatable bonds is 3. The fraction of sp³-hybridized carbons (Fsp3) is 1.00. The Morgan fingerprint density at radius 2 is 0.667 bits per heavy atom. The second-order valence-corrected chi connectivity index (χ2v) is 4.84. The van der Waals surface area contributed by atoms with E-state index in [0.29, 0.717) is 0 Å². The molecule has 0 aromatic heterocycles. The van der Waals surface area contributed by atoms with Gasteiger partial charge >= 0.3 is 47.8 Å². The van der Waals surface area contributed by atoms with E-state index in [1.165, 1.54) is 0 Å². The molecule has 117 valence electrons. The van der Waals surface area contributed by atoms with E-state index in [-0.39, 0.29) is 56.0 Å². The molecule has 0 spiro atoms. The molecule has 0 bridgehead atoms. The van der Waals surface area contributed by atoms with Gasteiger partial charge in [0.25, 0.3) is 0 Å². The van der Waals surface area contributed by atoms with Crippen molar-refractivity contribution >= 4 is 0 Å². The van der Waals surface area contributed by atoms with Gasteiger partial charge in [0.2, 0.25) is 0 Å². The molecule has 0 saturated heterocycles. The van der Waals surface area contributed by atoms with Crippen LogP contribution in [0.4, 0.5) is 0 Å². The average Bonchev–Trinajstić information content (AvgIpc) is 2.27. The van der Waals surface area contributed by atoms with Crippen LogP contribution in [0.1, 0.15) is 0 Å². The third kappa shape index (κ3) is 327. The molecule has 0 aliphatic rings. The van der Waals surface area contributed by atoms with Crippen molar-refractivity contribution in [3.63, 3.8) is 0 Å². The van der Waals surface area contributed by atoms with Crippen LogP contribution in [0.2, 0.25) is 0 Å². The standard InChI is InChI=1S/3C2H6N2.Co.4O.W/c3*3-1-2-4;;;;;;/h3*3-4H,1-2H2;;;;;;/q3*-2;+2;;;2*-1;. The summed E-state index contributed by atoms with van der Waals surface area (Å²) in [5.74, 6) is 0. The molecular weight excluding hydrogens is 463 g/mol. The Hall–Kier alpha value is 0.475. The molecule has 0 heterocycles. The van der Waals surface area contributed by atoms with E-state index in [9.17, 15) is 0 Å². The minimum atomic E-state index is -6.17. The van der Waals surface area contributed by atoms with Crippen molar-refractivity contribution in [3.05, 3.63) is 34.4 Å². The van der Waals surface area contributed by atoms with Crippen molar-refractivity contribution < 1.29 is 47.8 Å². The monoisotopic (exact) mass is 481 g/mol. The zero-order chi connectivity index (χ0) is 14.7. The minimum absolute atomic E-state index is 0. The second kappa shape index (κ2) is 30.5. The van der Waals surface area contributed by atoms with Gasteiger partial charge in [-0.05, 0) is 0 Å². The molecule has 0 amide bonds. The van der Waals surface area contributed by atoms with Gasteiger partial charge in [0.1, 0.15) is 0 Å². The second-order valence-electron chi connectivity index (χ2n) is 1.91. The third-order valence-corrected chi connectivity index (χ3v) is 0.375. The SMILES string of the molecule is [Co+2].[NH-]CC[NH-].[NH-]CC[NH-].[NH-]CC[NH-].[O]=[W](=[O])([O-])[O-]. The van der Waals surface area contributed by atoms with E-state index in [1.54, 1.807) is 0 Å². The fourth-order valence-electron chi connectivity index (χ4n) is 0. The van der Waals surface area contributed by atoms with Gasteiger partial charge in [0.05, 0.1) is 0 Å². The van der Waals surface area contributed by atoms with Crippen molar-refractivity contribution in [1.29, 1.82) is 0 Å². The normalized spacial score (nSPS) is 8.22. The quantitative estimate of drug-likeness (QED) is 0.566. The van der Waals surface area contributed by atoms with Gasteiger partial charge in [-0.2, -0.15) is 39.3 Å².